The van der Waals surface area contributed by atoms with Crippen molar-refractivity contribution < 1.29 is 33.3 Å². The Balaban J connectivity index is 2.10. The number of hydrogen-bond acceptors (Lipinski definition) is 9. The predicted molar refractivity (Wildman–Crippen MR) is 145 cm³/mol. The molecule has 0 aromatic heterocycles. The van der Waals surface area contributed by atoms with Gasteiger partial charge in [-0.15, -0.1) is 0 Å². The van der Waals surface area contributed by atoms with Crippen molar-refractivity contribution in [3.8, 4) is 28.4 Å². The van der Waals surface area contributed by atoms with E-state index in [4.69, 9.17) is 14.2 Å². The van der Waals surface area contributed by atoms with Crippen LogP contribution in [0.5, 0.6) is 17.2 Å². The molecule has 0 saturated carbocycles. The first-order valence-corrected chi connectivity index (χ1v) is 12.5. The van der Waals surface area contributed by atoms with Crippen molar-refractivity contribution in [2.45, 2.75) is 45.2 Å². The van der Waals surface area contributed by atoms with Crippen molar-refractivity contribution in [3.63, 3.8) is 0 Å². The molecule has 2 aromatic rings. The molecule has 2 aromatic carbocycles. The van der Waals surface area contributed by atoms with Crippen LogP contribution in [-0.4, -0.2) is 58.8 Å². The van der Waals surface area contributed by atoms with Crippen molar-refractivity contribution in [2.24, 2.45) is 0 Å². The van der Waals surface area contributed by atoms with Crippen LogP contribution in [0.4, 0.5) is 5.69 Å². The van der Waals surface area contributed by atoms with Crippen molar-refractivity contribution in [3.05, 3.63) is 45.6 Å². The maximum atomic E-state index is 13.4. The molecule has 1 aliphatic carbocycles. The Morgan fingerprint density at radius 3 is 2.36 bits per heavy atom. The fraction of sp³-hybridized carbons (Fsp3) is 0.429. The van der Waals surface area contributed by atoms with E-state index >= 15 is 0 Å². The van der Waals surface area contributed by atoms with E-state index in [2.05, 4.69) is 20.7 Å². The maximum absolute atomic E-state index is 13.4. The standard InChI is InChI=1S/C28H35N3O8/c1-15(28(35)29-12-11-24(34)37-4)30-21-10-8-18-19(14-22(21)33)20(31-16(2)32)9-7-17-13-23(36-3)26(38-5)27(39-6)25(17)18/h8,10,13-15,20H,7,9,11-12H2,1-6H3,(H,29,35)(H,30,33)(H,31,32)/t15-,20-/m0/s1. The number of carbonyl (C=O) groups excluding carboxylic acids is 3. The Morgan fingerprint density at radius 1 is 1.03 bits per heavy atom. The molecule has 0 bridgehead atoms. The number of esters is 1. The Kier molecular flexibility index (Phi) is 9.75. The minimum absolute atomic E-state index is 0.0365. The molecule has 2 atom stereocenters. The number of anilines is 1. The second-order valence-corrected chi connectivity index (χ2v) is 9.08. The van der Waals surface area contributed by atoms with Gasteiger partial charge < -0.3 is 34.9 Å². The molecule has 3 rings (SSSR count). The number of ether oxygens (including phenoxy) is 4. The van der Waals surface area contributed by atoms with Gasteiger partial charge in [0.25, 0.3) is 0 Å². The molecule has 0 fully saturated rings. The van der Waals surface area contributed by atoms with Crippen LogP contribution in [0.1, 0.15) is 43.9 Å². The summed E-state index contributed by atoms with van der Waals surface area (Å²) in [5.74, 6) is 0.315. The molecule has 2 amide bonds. The molecule has 11 nitrogen and oxygen atoms in total. The number of nitrogens with one attached hydrogen (secondary N) is 3. The third-order valence-electron chi connectivity index (χ3n) is 6.54. The lowest BCUT2D eigenvalue weighted by molar-refractivity contribution is -0.140. The van der Waals surface area contributed by atoms with Gasteiger partial charge >= 0.3 is 5.97 Å². The minimum Gasteiger partial charge on any atom is -0.493 e. The highest BCUT2D eigenvalue weighted by molar-refractivity contribution is 5.86. The SMILES string of the molecule is COC(=O)CCNC(=O)[C@H](C)Nc1ccc2c(cc1=O)[C@@H](NC(C)=O)CCc1cc(OC)c(OC)c(OC)c1-2. The minimum atomic E-state index is -0.769. The number of aryl methyl sites for hydroxylation is 1. The Hall–Kier alpha value is -4.28. The summed E-state index contributed by atoms with van der Waals surface area (Å²) in [6, 6.07) is 5.52. The van der Waals surface area contributed by atoms with E-state index in [9.17, 15) is 19.2 Å². The molecule has 0 radical (unpaired) electrons. The van der Waals surface area contributed by atoms with Crippen LogP contribution in [-0.2, 0) is 25.5 Å². The smallest absolute Gasteiger partial charge is 0.307 e. The van der Waals surface area contributed by atoms with Crippen LogP contribution in [0.25, 0.3) is 11.1 Å². The third-order valence-corrected chi connectivity index (χ3v) is 6.54. The van der Waals surface area contributed by atoms with E-state index < -0.39 is 18.1 Å². The molecular weight excluding hydrogens is 506 g/mol. The van der Waals surface area contributed by atoms with Gasteiger partial charge in [0, 0.05) is 19.0 Å². The van der Waals surface area contributed by atoms with Crippen LogP contribution < -0.4 is 35.6 Å². The average Bonchev–Trinajstić information content (AvgIpc) is 3.15. The quantitative estimate of drug-likeness (QED) is 0.387. The average molecular weight is 542 g/mol. The van der Waals surface area contributed by atoms with Gasteiger partial charge in [0.2, 0.25) is 23.0 Å². The van der Waals surface area contributed by atoms with Crippen molar-refractivity contribution in [1.82, 2.24) is 10.6 Å². The van der Waals surface area contributed by atoms with Crippen molar-refractivity contribution in [1.29, 1.82) is 0 Å². The summed E-state index contributed by atoms with van der Waals surface area (Å²) in [6.07, 6.45) is 1.15. The summed E-state index contributed by atoms with van der Waals surface area (Å²) in [5, 5.41) is 8.57. The molecule has 0 unspecified atom stereocenters. The number of hydrogen-bond donors (Lipinski definition) is 3. The highest BCUT2D eigenvalue weighted by Gasteiger charge is 2.29. The lowest BCUT2D eigenvalue weighted by Gasteiger charge is -2.19. The fourth-order valence-corrected chi connectivity index (χ4v) is 4.67. The van der Waals surface area contributed by atoms with Crippen LogP contribution in [0.3, 0.4) is 0 Å². The highest BCUT2D eigenvalue weighted by atomic mass is 16.5. The summed E-state index contributed by atoms with van der Waals surface area (Å²) in [5.41, 5.74) is 2.77. The second kappa shape index (κ2) is 13.0. The van der Waals surface area contributed by atoms with Crippen LogP contribution in [0.2, 0.25) is 0 Å². The van der Waals surface area contributed by atoms with Gasteiger partial charge in [-0.25, -0.2) is 0 Å². The van der Waals surface area contributed by atoms with Gasteiger partial charge in [-0.05, 0) is 54.7 Å². The van der Waals surface area contributed by atoms with E-state index in [-0.39, 0.29) is 35.9 Å². The lowest BCUT2D eigenvalue weighted by atomic mass is 9.95. The van der Waals surface area contributed by atoms with E-state index in [0.717, 1.165) is 11.1 Å². The van der Waals surface area contributed by atoms with Crippen molar-refractivity contribution >= 4 is 23.5 Å². The zero-order chi connectivity index (χ0) is 28.7. The number of carbonyl (C=O) groups is 3. The van der Waals surface area contributed by atoms with Gasteiger partial charge in [0.1, 0.15) is 6.04 Å². The molecule has 0 aliphatic heterocycles. The first kappa shape index (κ1) is 29.3. The molecule has 0 saturated heterocycles. The Bertz CT molecular complexity index is 1310. The molecule has 1 aliphatic rings. The van der Waals surface area contributed by atoms with Crippen LogP contribution in [0.15, 0.2) is 29.1 Å². The van der Waals surface area contributed by atoms with Crippen molar-refractivity contribution in [2.75, 3.05) is 40.3 Å². The van der Waals surface area contributed by atoms with Gasteiger partial charge in [0.15, 0.2) is 11.5 Å². The highest BCUT2D eigenvalue weighted by Crippen LogP contribution is 2.50. The monoisotopic (exact) mass is 541 g/mol. The predicted octanol–water partition coefficient (Wildman–Crippen LogP) is 2.34. The second-order valence-electron chi connectivity index (χ2n) is 9.08. The molecule has 0 heterocycles. The summed E-state index contributed by atoms with van der Waals surface area (Å²) in [6.45, 7) is 3.15. The Morgan fingerprint density at radius 2 is 1.74 bits per heavy atom. The van der Waals surface area contributed by atoms with Crippen LogP contribution >= 0.6 is 0 Å². The number of benzene rings is 1. The molecule has 11 heteroatoms. The van der Waals surface area contributed by atoms with E-state index in [1.54, 1.807) is 26.2 Å². The van der Waals surface area contributed by atoms with Gasteiger partial charge in [-0.1, -0.05) is 6.07 Å². The molecular formula is C28H35N3O8. The third kappa shape index (κ3) is 6.60. The number of methoxy groups -OCH3 is 4. The normalized spacial score (nSPS) is 14.5. The zero-order valence-corrected chi connectivity index (χ0v) is 23.1. The van der Waals surface area contributed by atoms with E-state index in [0.29, 0.717) is 41.2 Å². The summed E-state index contributed by atoms with van der Waals surface area (Å²) >= 11 is 0. The number of amides is 2. The fourth-order valence-electron chi connectivity index (χ4n) is 4.67. The van der Waals surface area contributed by atoms with Crippen LogP contribution in [0, 0.1) is 0 Å². The molecule has 210 valence electrons. The summed E-state index contributed by atoms with van der Waals surface area (Å²) < 4.78 is 21.5. The largest absolute Gasteiger partial charge is 0.493 e. The zero-order valence-electron chi connectivity index (χ0n) is 23.1. The van der Waals surface area contributed by atoms with Gasteiger partial charge in [-0.3, -0.25) is 19.2 Å². The lowest BCUT2D eigenvalue weighted by Crippen LogP contribution is -2.39. The molecule has 3 N–H and O–H groups in total. The molecule has 0 spiro atoms. The number of rotatable bonds is 10. The number of fused-ring (bicyclic) bond motifs is 3. The van der Waals surface area contributed by atoms with Gasteiger partial charge in [-0.2, -0.15) is 0 Å². The Labute approximate surface area is 227 Å². The summed E-state index contributed by atoms with van der Waals surface area (Å²) in [4.78, 5) is 49.3. The van der Waals surface area contributed by atoms with E-state index in [1.807, 2.05) is 6.07 Å². The maximum Gasteiger partial charge on any atom is 0.307 e. The summed E-state index contributed by atoms with van der Waals surface area (Å²) in [7, 11) is 5.87. The first-order chi connectivity index (χ1) is 18.6. The first-order valence-electron chi connectivity index (χ1n) is 12.5. The van der Waals surface area contributed by atoms with E-state index in [1.165, 1.54) is 34.3 Å². The van der Waals surface area contributed by atoms with Gasteiger partial charge in [0.05, 0.1) is 46.6 Å². The topological polar surface area (TPSA) is 141 Å². The molecule has 39 heavy (non-hydrogen) atoms.